The molecule has 5 heteroatoms. The molecule has 0 saturated heterocycles. The highest BCUT2D eigenvalue weighted by Crippen LogP contribution is 2.26. The van der Waals surface area contributed by atoms with Crippen molar-refractivity contribution >= 4 is 22.7 Å². The van der Waals surface area contributed by atoms with Crippen molar-refractivity contribution in [1.29, 1.82) is 0 Å². The molecule has 24 heavy (non-hydrogen) atoms. The summed E-state index contributed by atoms with van der Waals surface area (Å²) in [6.07, 6.45) is -0.912. The van der Waals surface area contributed by atoms with E-state index in [0.717, 1.165) is 22.1 Å². The summed E-state index contributed by atoms with van der Waals surface area (Å²) in [5.41, 5.74) is 0.828. The Balaban J connectivity index is 2.13. The molecule has 0 spiro atoms. The van der Waals surface area contributed by atoms with Crippen molar-refractivity contribution in [3.8, 4) is 5.75 Å². The van der Waals surface area contributed by atoms with Gasteiger partial charge in [0.1, 0.15) is 5.75 Å². The molecule has 0 radical (unpaired) electrons. The minimum absolute atomic E-state index is 0.254. The van der Waals surface area contributed by atoms with Crippen LogP contribution in [0.3, 0.4) is 0 Å². The van der Waals surface area contributed by atoms with Gasteiger partial charge in [-0.3, -0.25) is 4.79 Å². The summed E-state index contributed by atoms with van der Waals surface area (Å²) < 4.78 is 15.2. The molecule has 0 fully saturated rings. The number of rotatable bonds is 6. The lowest BCUT2D eigenvalue weighted by molar-refractivity contribution is -0.167. The number of esters is 2. The molecule has 2 unspecified atom stereocenters. The van der Waals surface area contributed by atoms with Gasteiger partial charge in [-0.1, -0.05) is 24.3 Å². The van der Waals surface area contributed by atoms with Gasteiger partial charge < -0.3 is 14.2 Å². The molecule has 0 N–H and O–H groups in total. The molecule has 0 aromatic heterocycles. The average molecular weight is 330 g/mol. The number of carbonyl (C=O) groups is 2. The molecule has 0 bridgehead atoms. The summed E-state index contributed by atoms with van der Waals surface area (Å²) in [6.45, 7) is 5.23. The van der Waals surface area contributed by atoms with Crippen LogP contribution in [-0.4, -0.2) is 31.8 Å². The van der Waals surface area contributed by atoms with E-state index in [1.165, 1.54) is 6.92 Å². The van der Waals surface area contributed by atoms with E-state index in [-0.39, 0.29) is 6.61 Å². The molecular weight excluding hydrogens is 308 g/mol. The molecule has 5 nitrogen and oxygen atoms in total. The van der Waals surface area contributed by atoms with Crippen molar-refractivity contribution in [1.82, 2.24) is 0 Å². The predicted molar refractivity (Wildman–Crippen MR) is 91.1 cm³/mol. The fraction of sp³-hybridized carbons (Fsp3) is 0.368. The van der Waals surface area contributed by atoms with Crippen LogP contribution < -0.4 is 4.74 Å². The lowest BCUT2D eigenvalue weighted by atomic mass is 9.98. The number of benzene rings is 2. The van der Waals surface area contributed by atoms with Gasteiger partial charge in [0.25, 0.3) is 0 Å². The number of fused-ring (bicyclic) bond motifs is 1. The van der Waals surface area contributed by atoms with Gasteiger partial charge in [0.05, 0.1) is 19.6 Å². The first-order chi connectivity index (χ1) is 11.5. The van der Waals surface area contributed by atoms with E-state index in [1.807, 2.05) is 36.4 Å². The number of hydrogen-bond acceptors (Lipinski definition) is 5. The van der Waals surface area contributed by atoms with Crippen LogP contribution in [0.5, 0.6) is 5.75 Å². The molecule has 2 aromatic rings. The van der Waals surface area contributed by atoms with Gasteiger partial charge >= 0.3 is 11.9 Å². The molecule has 0 aliphatic heterocycles. The SMILES string of the molecule is CCOC(=O)C(C)OC(=O)C(C)c1ccc2cc(OC)ccc2c1. The first kappa shape index (κ1) is 17.8. The summed E-state index contributed by atoms with van der Waals surface area (Å²) in [7, 11) is 1.62. The predicted octanol–water partition coefficient (Wildman–Crippen LogP) is 3.45. The van der Waals surface area contributed by atoms with Crippen molar-refractivity contribution in [2.75, 3.05) is 13.7 Å². The molecule has 0 heterocycles. The van der Waals surface area contributed by atoms with E-state index < -0.39 is 24.0 Å². The van der Waals surface area contributed by atoms with Gasteiger partial charge in [-0.25, -0.2) is 4.79 Å². The van der Waals surface area contributed by atoms with E-state index in [2.05, 4.69) is 0 Å². The first-order valence-corrected chi connectivity index (χ1v) is 7.91. The van der Waals surface area contributed by atoms with Gasteiger partial charge in [-0.05, 0) is 49.2 Å². The summed E-state index contributed by atoms with van der Waals surface area (Å²) in [5, 5.41) is 2.03. The first-order valence-electron chi connectivity index (χ1n) is 7.91. The normalized spacial score (nSPS) is 13.2. The maximum absolute atomic E-state index is 12.2. The quantitative estimate of drug-likeness (QED) is 0.759. The largest absolute Gasteiger partial charge is 0.497 e. The second-order valence-corrected chi connectivity index (χ2v) is 5.53. The van der Waals surface area contributed by atoms with Crippen LogP contribution in [0.2, 0.25) is 0 Å². The third-order valence-electron chi connectivity index (χ3n) is 3.84. The van der Waals surface area contributed by atoms with Gasteiger partial charge in [-0.2, -0.15) is 0 Å². The number of methoxy groups -OCH3 is 1. The number of carbonyl (C=O) groups excluding carboxylic acids is 2. The Hall–Kier alpha value is -2.56. The summed E-state index contributed by atoms with van der Waals surface area (Å²) in [5.74, 6) is -0.689. The maximum atomic E-state index is 12.2. The molecule has 0 aliphatic rings. The molecule has 2 rings (SSSR count). The highest BCUT2D eigenvalue weighted by Gasteiger charge is 2.24. The van der Waals surface area contributed by atoms with Crippen LogP contribution in [-0.2, 0) is 19.1 Å². The zero-order chi connectivity index (χ0) is 17.7. The van der Waals surface area contributed by atoms with Crippen LogP contribution in [0.4, 0.5) is 0 Å². The minimum atomic E-state index is -0.912. The molecule has 2 aromatic carbocycles. The van der Waals surface area contributed by atoms with E-state index in [4.69, 9.17) is 14.2 Å². The van der Waals surface area contributed by atoms with Crippen LogP contribution in [0.1, 0.15) is 32.3 Å². The minimum Gasteiger partial charge on any atom is -0.497 e. The van der Waals surface area contributed by atoms with Crippen molar-refractivity contribution in [2.45, 2.75) is 32.8 Å². The van der Waals surface area contributed by atoms with E-state index >= 15 is 0 Å². The molecule has 128 valence electrons. The second-order valence-electron chi connectivity index (χ2n) is 5.53. The van der Waals surface area contributed by atoms with Gasteiger partial charge in [0.2, 0.25) is 0 Å². The number of ether oxygens (including phenoxy) is 3. The standard InChI is InChI=1S/C19H22O5/c1-5-23-19(21)13(3)24-18(20)12(2)14-6-7-16-11-17(22-4)9-8-15(16)10-14/h6-13H,5H2,1-4H3. The van der Waals surface area contributed by atoms with Crippen molar-refractivity contribution in [2.24, 2.45) is 0 Å². The summed E-state index contributed by atoms with van der Waals surface area (Å²) in [6, 6.07) is 11.5. The lowest BCUT2D eigenvalue weighted by Crippen LogP contribution is -2.28. The Bertz CT molecular complexity index is 738. The Morgan fingerprint density at radius 2 is 1.67 bits per heavy atom. The highest BCUT2D eigenvalue weighted by atomic mass is 16.6. The van der Waals surface area contributed by atoms with Gasteiger partial charge in [-0.15, -0.1) is 0 Å². The van der Waals surface area contributed by atoms with Crippen LogP contribution in [0, 0.1) is 0 Å². The smallest absolute Gasteiger partial charge is 0.347 e. The number of hydrogen-bond donors (Lipinski definition) is 0. The van der Waals surface area contributed by atoms with Crippen molar-refractivity contribution < 1.29 is 23.8 Å². The van der Waals surface area contributed by atoms with Gasteiger partial charge in [0.15, 0.2) is 6.10 Å². The molecular formula is C19H22O5. The van der Waals surface area contributed by atoms with Crippen LogP contribution in [0.15, 0.2) is 36.4 Å². The zero-order valence-electron chi connectivity index (χ0n) is 14.4. The molecule has 0 aliphatic carbocycles. The molecule has 0 saturated carbocycles. The van der Waals surface area contributed by atoms with Crippen molar-refractivity contribution in [3.63, 3.8) is 0 Å². The third-order valence-corrected chi connectivity index (χ3v) is 3.84. The summed E-state index contributed by atoms with van der Waals surface area (Å²) in [4.78, 5) is 23.8. The molecule has 2 atom stereocenters. The zero-order valence-corrected chi connectivity index (χ0v) is 14.4. The Morgan fingerprint density at radius 1 is 1.00 bits per heavy atom. The molecule has 0 amide bonds. The summed E-state index contributed by atoms with van der Waals surface area (Å²) >= 11 is 0. The van der Waals surface area contributed by atoms with E-state index in [0.29, 0.717) is 0 Å². The topological polar surface area (TPSA) is 61.8 Å². The Kier molecular flexibility index (Phi) is 5.79. The maximum Gasteiger partial charge on any atom is 0.347 e. The second kappa shape index (κ2) is 7.81. The fourth-order valence-electron chi connectivity index (χ4n) is 2.36. The Labute approximate surface area is 141 Å². The average Bonchev–Trinajstić information content (AvgIpc) is 2.60. The lowest BCUT2D eigenvalue weighted by Gasteiger charge is -2.16. The third kappa shape index (κ3) is 4.04. The van der Waals surface area contributed by atoms with Crippen LogP contribution >= 0.6 is 0 Å². The van der Waals surface area contributed by atoms with Crippen LogP contribution in [0.25, 0.3) is 10.8 Å². The van der Waals surface area contributed by atoms with Crippen molar-refractivity contribution in [3.05, 3.63) is 42.0 Å². The Morgan fingerprint density at radius 3 is 2.33 bits per heavy atom. The van der Waals surface area contributed by atoms with Gasteiger partial charge in [0, 0.05) is 0 Å². The highest BCUT2D eigenvalue weighted by molar-refractivity contribution is 5.87. The van der Waals surface area contributed by atoms with E-state index in [1.54, 1.807) is 21.0 Å². The monoisotopic (exact) mass is 330 g/mol. The fourth-order valence-corrected chi connectivity index (χ4v) is 2.36. The van der Waals surface area contributed by atoms with E-state index in [9.17, 15) is 9.59 Å².